The molecule has 1 aromatic carbocycles. The summed E-state index contributed by atoms with van der Waals surface area (Å²) in [6.45, 7) is 2.59. The predicted octanol–water partition coefficient (Wildman–Crippen LogP) is 3.29. The van der Waals surface area contributed by atoms with Crippen molar-refractivity contribution in [2.45, 2.75) is 26.2 Å². The first-order valence-corrected chi connectivity index (χ1v) is 8.09. The van der Waals surface area contributed by atoms with Crippen molar-refractivity contribution in [2.75, 3.05) is 11.9 Å². The van der Waals surface area contributed by atoms with Crippen LogP contribution in [-0.4, -0.2) is 17.5 Å². The minimum absolute atomic E-state index is 0.0459. The van der Waals surface area contributed by atoms with Crippen molar-refractivity contribution in [3.63, 3.8) is 0 Å². The number of carbonyl (C=O) groups is 1. The van der Waals surface area contributed by atoms with Crippen LogP contribution in [0.2, 0.25) is 0 Å². The lowest BCUT2D eigenvalue weighted by Gasteiger charge is -2.20. The van der Waals surface area contributed by atoms with E-state index in [1.54, 1.807) is 11.3 Å². The Bertz CT molecular complexity index is 621. The van der Waals surface area contributed by atoms with E-state index in [4.69, 9.17) is 4.74 Å². The van der Waals surface area contributed by atoms with Crippen molar-refractivity contribution in [3.05, 3.63) is 40.3 Å². The summed E-state index contributed by atoms with van der Waals surface area (Å²) in [7, 11) is 0. The highest BCUT2D eigenvalue weighted by Gasteiger charge is 2.26. The molecule has 3 rings (SSSR count). The molecule has 1 heterocycles. The van der Waals surface area contributed by atoms with Gasteiger partial charge in [0.1, 0.15) is 5.75 Å². The van der Waals surface area contributed by atoms with Crippen LogP contribution in [-0.2, 0) is 17.6 Å². The normalized spacial score (nSPS) is 17.1. The summed E-state index contributed by atoms with van der Waals surface area (Å²) < 4.78 is 5.39. The molecule has 0 aliphatic heterocycles. The number of aromatic nitrogens is 1. The SMILES string of the molecule is CCOc1ccc(NC(=O)C2CCc3ncsc3C2)cc1. The number of hydrogen-bond donors (Lipinski definition) is 1. The van der Waals surface area contributed by atoms with Crippen LogP contribution in [0.25, 0.3) is 0 Å². The fraction of sp³-hybridized carbons (Fsp3) is 0.375. The minimum Gasteiger partial charge on any atom is -0.494 e. The number of nitrogens with zero attached hydrogens (tertiary/aromatic N) is 1. The highest BCUT2D eigenvalue weighted by atomic mass is 32.1. The first kappa shape index (κ1) is 14.1. The second kappa shape index (κ2) is 6.26. The number of benzene rings is 1. The van der Waals surface area contributed by atoms with E-state index < -0.39 is 0 Å². The van der Waals surface area contributed by atoms with E-state index in [9.17, 15) is 4.79 Å². The van der Waals surface area contributed by atoms with Gasteiger partial charge in [0.05, 0.1) is 17.8 Å². The molecule has 1 atom stereocenters. The lowest BCUT2D eigenvalue weighted by molar-refractivity contribution is -0.120. The van der Waals surface area contributed by atoms with Crippen molar-refractivity contribution in [1.29, 1.82) is 0 Å². The van der Waals surface area contributed by atoms with E-state index in [2.05, 4.69) is 10.3 Å². The van der Waals surface area contributed by atoms with Crippen LogP contribution >= 0.6 is 11.3 Å². The third-order valence-corrected chi connectivity index (χ3v) is 4.59. The number of rotatable bonds is 4. The monoisotopic (exact) mass is 302 g/mol. The lowest BCUT2D eigenvalue weighted by atomic mass is 9.90. The van der Waals surface area contributed by atoms with Gasteiger partial charge in [0, 0.05) is 16.5 Å². The van der Waals surface area contributed by atoms with Crippen LogP contribution in [0, 0.1) is 5.92 Å². The number of thiazole rings is 1. The van der Waals surface area contributed by atoms with Gasteiger partial charge in [0.2, 0.25) is 5.91 Å². The Balaban J connectivity index is 1.61. The Morgan fingerprint density at radius 3 is 3.00 bits per heavy atom. The Morgan fingerprint density at radius 1 is 1.43 bits per heavy atom. The molecule has 1 N–H and O–H groups in total. The maximum atomic E-state index is 12.4. The van der Waals surface area contributed by atoms with Crippen LogP contribution in [0.1, 0.15) is 23.9 Å². The number of anilines is 1. The van der Waals surface area contributed by atoms with Crippen molar-refractivity contribution >= 4 is 22.9 Å². The molecule has 0 spiro atoms. The zero-order valence-electron chi connectivity index (χ0n) is 12.0. The van der Waals surface area contributed by atoms with E-state index in [1.807, 2.05) is 36.7 Å². The largest absolute Gasteiger partial charge is 0.494 e. The summed E-state index contributed by atoms with van der Waals surface area (Å²) in [5.41, 5.74) is 3.86. The van der Waals surface area contributed by atoms with Gasteiger partial charge in [-0.3, -0.25) is 4.79 Å². The second-order valence-electron chi connectivity index (χ2n) is 5.11. The molecule has 0 fully saturated rings. The first-order valence-electron chi connectivity index (χ1n) is 7.21. The third-order valence-electron chi connectivity index (χ3n) is 3.69. The molecule has 0 saturated heterocycles. The molecule has 1 aliphatic carbocycles. The van der Waals surface area contributed by atoms with E-state index >= 15 is 0 Å². The smallest absolute Gasteiger partial charge is 0.227 e. The van der Waals surface area contributed by atoms with Crippen LogP contribution in [0.5, 0.6) is 5.75 Å². The number of hydrogen-bond acceptors (Lipinski definition) is 4. The number of ether oxygens (including phenoxy) is 1. The van der Waals surface area contributed by atoms with E-state index in [-0.39, 0.29) is 11.8 Å². The Kier molecular flexibility index (Phi) is 4.20. The van der Waals surface area contributed by atoms with Crippen LogP contribution < -0.4 is 10.1 Å². The first-order chi connectivity index (χ1) is 10.3. The zero-order chi connectivity index (χ0) is 14.7. The average Bonchev–Trinajstić information content (AvgIpc) is 2.97. The van der Waals surface area contributed by atoms with Crippen molar-refractivity contribution in [3.8, 4) is 5.75 Å². The van der Waals surface area contributed by atoms with Gasteiger partial charge < -0.3 is 10.1 Å². The van der Waals surface area contributed by atoms with Gasteiger partial charge in [-0.25, -0.2) is 4.98 Å². The summed E-state index contributed by atoms with van der Waals surface area (Å²) in [4.78, 5) is 17.9. The number of carbonyl (C=O) groups excluding carboxylic acids is 1. The maximum absolute atomic E-state index is 12.4. The van der Waals surface area contributed by atoms with E-state index in [0.717, 1.165) is 30.7 Å². The van der Waals surface area contributed by atoms with Gasteiger partial charge in [-0.1, -0.05) is 0 Å². The summed E-state index contributed by atoms with van der Waals surface area (Å²) in [5, 5.41) is 2.99. The second-order valence-corrected chi connectivity index (χ2v) is 6.05. The highest BCUT2D eigenvalue weighted by molar-refractivity contribution is 7.09. The molecule has 0 saturated carbocycles. The lowest BCUT2D eigenvalue weighted by Crippen LogP contribution is -2.27. The molecule has 2 aromatic rings. The molecule has 1 unspecified atom stereocenters. The molecule has 1 amide bonds. The van der Waals surface area contributed by atoms with Gasteiger partial charge >= 0.3 is 0 Å². The summed E-state index contributed by atoms with van der Waals surface area (Å²) in [5.74, 6) is 0.963. The molecular formula is C16H18N2O2S. The Labute approximate surface area is 128 Å². The van der Waals surface area contributed by atoms with Crippen molar-refractivity contribution < 1.29 is 9.53 Å². The predicted molar refractivity (Wildman–Crippen MR) is 83.9 cm³/mol. The molecule has 1 aromatic heterocycles. The van der Waals surface area contributed by atoms with E-state index in [1.165, 1.54) is 10.6 Å². The zero-order valence-corrected chi connectivity index (χ0v) is 12.8. The summed E-state index contributed by atoms with van der Waals surface area (Å²) >= 11 is 1.65. The molecule has 5 heteroatoms. The molecule has 4 nitrogen and oxygen atoms in total. The van der Waals surface area contributed by atoms with E-state index in [0.29, 0.717) is 6.61 Å². The van der Waals surface area contributed by atoms with Gasteiger partial charge in [-0.05, 0) is 50.5 Å². The summed E-state index contributed by atoms with van der Waals surface area (Å²) in [6, 6.07) is 7.51. The minimum atomic E-state index is 0.0459. The van der Waals surface area contributed by atoms with Gasteiger partial charge in [0.15, 0.2) is 0 Å². The molecular weight excluding hydrogens is 284 g/mol. The van der Waals surface area contributed by atoms with Crippen LogP contribution in [0.4, 0.5) is 5.69 Å². The number of amides is 1. The molecule has 1 aliphatic rings. The van der Waals surface area contributed by atoms with Gasteiger partial charge in [-0.15, -0.1) is 11.3 Å². The van der Waals surface area contributed by atoms with Crippen molar-refractivity contribution in [1.82, 2.24) is 4.98 Å². The third kappa shape index (κ3) is 3.24. The Hall–Kier alpha value is -1.88. The molecule has 110 valence electrons. The fourth-order valence-corrected chi connectivity index (χ4v) is 3.46. The maximum Gasteiger partial charge on any atom is 0.227 e. The van der Waals surface area contributed by atoms with Gasteiger partial charge in [-0.2, -0.15) is 0 Å². The number of aryl methyl sites for hydroxylation is 1. The van der Waals surface area contributed by atoms with Crippen LogP contribution in [0.3, 0.4) is 0 Å². The molecule has 0 bridgehead atoms. The fourth-order valence-electron chi connectivity index (χ4n) is 2.57. The average molecular weight is 302 g/mol. The number of nitrogens with one attached hydrogen (secondary N) is 1. The van der Waals surface area contributed by atoms with Crippen molar-refractivity contribution in [2.24, 2.45) is 5.92 Å². The number of fused-ring (bicyclic) bond motifs is 1. The summed E-state index contributed by atoms with van der Waals surface area (Å²) in [6.07, 6.45) is 2.59. The standard InChI is InChI=1S/C16H18N2O2S/c1-2-20-13-6-4-12(5-7-13)18-16(19)11-3-8-14-15(9-11)21-10-17-14/h4-7,10-11H,2-3,8-9H2,1H3,(H,18,19). The quantitative estimate of drug-likeness (QED) is 0.943. The molecule has 0 radical (unpaired) electrons. The molecule has 21 heavy (non-hydrogen) atoms. The topological polar surface area (TPSA) is 51.2 Å². The Morgan fingerprint density at radius 2 is 2.24 bits per heavy atom. The highest BCUT2D eigenvalue weighted by Crippen LogP contribution is 2.28. The van der Waals surface area contributed by atoms with Gasteiger partial charge in [0.25, 0.3) is 0 Å². The van der Waals surface area contributed by atoms with Crippen LogP contribution in [0.15, 0.2) is 29.8 Å².